The molecule has 0 bridgehead atoms. The highest BCUT2D eigenvalue weighted by molar-refractivity contribution is 5.76. The molecule has 1 amide bonds. The van der Waals surface area contributed by atoms with Crippen molar-refractivity contribution in [3.05, 3.63) is 29.3 Å². The van der Waals surface area contributed by atoms with Crippen molar-refractivity contribution >= 4 is 11.6 Å². The number of carbonyl (C=O) groups excluding carboxylic acids is 1. The van der Waals surface area contributed by atoms with Gasteiger partial charge in [-0.05, 0) is 42.6 Å². The minimum absolute atomic E-state index is 0.0769. The Morgan fingerprint density at radius 3 is 2.62 bits per heavy atom. The average molecular weight is 291 g/mol. The minimum Gasteiger partial charge on any atom is -0.374 e. The molecular formula is C17H29N3O. The van der Waals surface area contributed by atoms with Gasteiger partial charge in [0.15, 0.2) is 0 Å². The van der Waals surface area contributed by atoms with E-state index in [1.54, 1.807) is 7.05 Å². The van der Waals surface area contributed by atoms with Crippen molar-refractivity contribution in [2.24, 2.45) is 5.92 Å². The summed E-state index contributed by atoms with van der Waals surface area (Å²) >= 11 is 0. The summed E-state index contributed by atoms with van der Waals surface area (Å²) in [5.41, 5.74) is 3.78. The van der Waals surface area contributed by atoms with Crippen molar-refractivity contribution < 1.29 is 4.79 Å². The van der Waals surface area contributed by atoms with Crippen LogP contribution >= 0.6 is 0 Å². The number of amides is 1. The van der Waals surface area contributed by atoms with Crippen LogP contribution in [-0.2, 0) is 11.3 Å². The molecule has 0 heterocycles. The summed E-state index contributed by atoms with van der Waals surface area (Å²) in [4.78, 5) is 13.4. The molecule has 0 fully saturated rings. The molecule has 0 unspecified atom stereocenters. The Labute approximate surface area is 128 Å². The van der Waals surface area contributed by atoms with E-state index in [-0.39, 0.29) is 5.91 Å². The van der Waals surface area contributed by atoms with E-state index in [2.05, 4.69) is 54.5 Å². The van der Waals surface area contributed by atoms with Crippen molar-refractivity contribution in [2.45, 2.75) is 33.7 Å². The second-order valence-corrected chi connectivity index (χ2v) is 5.98. The highest BCUT2D eigenvalue weighted by Crippen LogP contribution is 2.18. The lowest BCUT2D eigenvalue weighted by molar-refractivity contribution is -0.120. The summed E-state index contributed by atoms with van der Waals surface area (Å²) in [6.45, 7) is 9.24. The zero-order valence-electron chi connectivity index (χ0n) is 14.0. The Morgan fingerprint density at radius 1 is 1.33 bits per heavy atom. The molecule has 0 aliphatic heterocycles. The van der Waals surface area contributed by atoms with Gasteiger partial charge in [0.1, 0.15) is 0 Å². The molecular weight excluding hydrogens is 262 g/mol. The quantitative estimate of drug-likeness (QED) is 0.772. The first kappa shape index (κ1) is 17.5. The molecule has 1 aromatic rings. The normalized spacial score (nSPS) is 10.8. The molecule has 0 aliphatic rings. The lowest BCUT2D eigenvalue weighted by atomic mass is 10.1. The number of hydrogen-bond donors (Lipinski definition) is 2. The fraction of sp³-hybridized carbons (Fsp3) is 0.588. The summed E-state index contributed by atoms with van der Waals surface area (Å²) in [6.07, 6.45) is 0.518. The molecule has 0 radical (unpaired) electrons. The number of rotatable bonds is 8. The first-order valence-electron chi connectivity index (χ1n) is 7.66. The van der Waals surface area contributed by atoms with Gasteiger partial charge in [0.2, 0.25) is 5.91 Å². The van der Waals surface area contributed by atoms with Crippen LogP contribution in [0.15, 0.2) is 18.2 Å². The van der Waals surface area contributed by atoms with Crippen LogP contribution in [0.1, 0.15) is 31.4 Å². The summed E-state index contributed by atoms with van der Waals surface area (Å²) in [5, 5.41) is 6.12. The number of hydrogen-bond acceptors (Lipinski definition) is 3. The van der Waals surface area contributed by atoms with Crippen LogP contribution in [0.3, 0.4) is 0 Å². The van der Waals surface area contributed by atoms with Gasteiger partial charge < -0.3 is 15.5 Å². The lowest BCUT2D eigenvalue weighted by Crippen LogP contribution is -2.26. The van der Waals surface area contributed by atoms with Crippen LogP contribution in [0.4, 0.5) is 5.69 Å². The van der Waals surface area contributed by atoms with Crippen molar-refractivity contribution in [3.63, 3.8) is 0 Å². The maximum absolute atomic E-state index is 11.3. The Bertz CT molecular complexity index is 457. The highest BCUT2D eigenvalue weighted by Gasteiger charge is 2.06. The van der Waals surface area contributed by atoms with Gasteiger partial charge in [0.25, 0.3) is 0 Å². The number of benzene rings is 1. The van der Waals surface area contributed by atoms with Gasteiger partial charge in [-0.25, -0.2) is 0 Å². The van der Waals surface area contributed by atoms with Crippen molar-refractivity contribution in [3.8, 4) is 0 Å². The number of nitrogens with one attached hydrogen (secondary N) is 2. The molecule has 2 N–H and O–H groups in total. The molecule has 0 atom stereocenters. The monoisotopic (exact) mass is 291 g/mol. The molecule has 118 valence electrons. The van der Waals surface area contributed by atoms with Gasteiger partial charge in [0.05, 0.1) is 0 Å². The van der Waals surface area contributed by atoms with E-state index in [0.717, 1.165) is 25.3 Å². The molecule has 0 saturated carbocycles. The molecule has 0 aromatic heterocycles. The number of carbonyl (C=O) groups is 1. The van der Waals surface area contributed by atoms with Crippen LogP contribution in [0.25, 0.3) is 0 Å². The third-order valence-corrected chi connectivity index (χ3v) is 3.59. The first-order valence-corrected chi connectivity index (χ1v) is 7.66. The molecule has 0 saturated heterocycles. The average Bonchev–Trinajstić information content (AvgIpc) is 2.45. The number of aryl methyl sites for hydroxylation is 1. The van der Waals surface area contributed by atoms with Crippen molar-refractivity contribution in [1.82, 2.24) is 10.6 Å². The van der Waals surface area contributed by atoms with E-state index in [1.165, 1.54) is 11.1 Å². The first-order chi connectivity index (χ1) is 9.93. The van der Waals surface area contributed by atoms with E-state index in [9.17, 15) is 4.79 Å². The standard InChI is InChI=1S/C17H29N3O/c1-13(2)11-19-12-15-6-7-16(10-14(15)3)20(5)9-8-17(21)18-4/h6-7,10,13,19H,8-9,11-12H2,1-5H3,(H,18,21). The van der Waals surface area contributed by atoms with Gasteiger partial charge in [0, 0.05) is 39.3 Å². The van der Waals surface area contributed by atoms with Gasteiger partial charge in [-0.15, -0.1) is 0 Å². The molecule has 0 aliphatic carbocycles. The van der Waals surface area contributed by atoms with E-state index in [4.69, 9.17) is 0 Å². The zero-order valence-corrected chi connectivity index (χ0v) is 14.0. The minimum atomic E-state index is 0.0769. The number of anilines is 1. The lowest BCUT2D eigenvalue weighted by Gasteiger charge is -2.20. The van der Waals surface area contributed by atoms with Gasteiger partial charge >= 0.3 is 0 Å². The summed E-state index contributed by atoms with van der Waals surface area (Å²) in [6, 6.07) is 6.49. The van der Waals surface area contributed by atoms with Crippen LogP contribution < -0.4 is 15.5 Å². The predicted octanol–water partition coefficient (Wildman–Crippen LogP) is 2.31. The molecule has 1 aromatic carbocycles. The fourth-order valence-electron chi connectivity index (χ4n) is 2.13. The molecule has 21 heavy (non-hydrogen) atoms. The topological polar surface area (TPSA) is 44.4 Å². The van der Waals surface area contributed by atoms with E-state index in [1.807, 2.05) is 7.05 Å². The summed E-state index contributed by atoms with van der Waals surface area (Å²) < 4.78 is 0. The zero-order chi connectivity index (χ0) is 15.8. The Kier molecular flexibility index (Phi) is 7.23. The SMILES string of the molecule is CNC(=O)CCN(C)c1ccc(CNCC(C)C)c(C)c1. The third-order valence-electron chi connectivity index (χ3n) is 3.59. The summed E-state index contributed by atoms with van der Waals surface area (Å²) in [5.74, 6) is 0.744. The van der Waals surface area contributed by atoms with Gasteiger partial charge in [-0.2, -0.15) is 0 Å². The van der Waals surface area contributed by atoms with Crippen molar-refractivity contribution in [1.29, 1.82) is 0 Å². The summed E-state index contributed by atoms with van der Waals surface area (Å²) in [7, 11) is 3.69. The van der Waals surface area contributed by atoms with E-state index < -0.39 is 0 Å². The van der Waals surface area contributed by atoms with Gasteiger partial charge in [-0.1, -0.05) is 19.9 Å². The molecule has 4 heteroatoms. The third kappa shape index (κ3) is 6.17. The van der Waals surface area contributed by atoms with Crippen LogP contribution in [0, 0.1) is 12.8 Å². The van der Waals surface area contributed by atoms with Crippen LogP contribution in [-0.4, -0.2) is 33.1 Å². The van der Waals surface area contributed by atoms with Crippen molar-refractivity contribution in [2.75, 3.05) is 32.1 Å². The second-order valence-electron chi connectivity index (χ2n) is 5.98. The molecule has 4 nitrogen and oxygen atoms in total. The molecule has 0 spiro atoms. The Balaban J connectivity index is 2.58. The van der Waals surface area contributed by atoms with Gasteiger partial charge in [-0.3, -0.25) is 4.79 Å². The predicted molar refractivity (Wildman–Crippen MR) is 89.7 cm³/mol. The molecule has 1 rings (SSSR count). The van der Waals surface area contributed by atoms with Crippen LogP contribution in [0.2, 0.25) is 0 Å². The largest absolute Gasteiger partial charge is 0.374 e. The Morgan fingerprint density at radius 2 is 2.05 bits per heavy atom. The maximum Gasteiger partial charge on any atom is 0.221 e. The fourth-order valence-corrected chi connectivity index (χ4v) is 2.13. The van der Waals surface area contributed by atoms with E-state index in [0.29, 0.717) is 12.3 Å². The number of nitrogens with zero attached hydrogens (tertiary/aromatic N) is 1. The maximum atomic E-state index is 11.3. The van der Waals surface area contributed by atoms with E-state index >= 15 is 0 Å². The Hall–Kier alpha value is -1.55. The second kappa shape index (κ2) is 8.67. The highest BCUT2D eigenvalue weighted by atomic mass is 16.1. The van der Waals surface area contributed by atoms with Crippen LogP contribution in [0.5, 0.6) is 0 Å². The smallest absolute Gasteiger partial charge is 0.221 e.